The topological polar surface area (TPSA) is 9.23 Å². The van der Waals surface area contributed by atoms with Crippen LogP contribution in [0.2, 0.25) is 0 Å². The molecule has 0 aromatic heterocycles. The Balaban J connectivity index is 3.08. The third kappa shape index (κ3) is 2.28. The largest absolute Gasteiger partial charge is 0.497 e. The fourth-order valence-electron chi connectivity index (χ4n) is 1.06. The Bertz CT molecular complexity index is 305. The lowest BCUT2D eigenvalue weighted by molar-refractivity contribution is 0.414. The second-order valence-corrected chi connectivity index (χ2v) is 4.01. The molecular weight excluding hydrogens is 180 g/mol. The van der Waals surface area contributed by atoms with Crippen molar-refractivity contribution in [1.29, 1.82) is 0 Å². The summed E-state index contributed by atoms with van der Waals surface area (Å²) in [7, 11) is 1.66. The molecule has 0 saturated carbocycles. The van der Waals surface area contributed by atoms with E-state index in [0.717, 1.165) is 11.3 Å². The highest BCUT2D eigenvalue weighted by atomic mass is 32.1. The zero-order valence-electron chi connectivity index (χ0n) is 7.95. The van der Waals surface area contributed by atoms with Crippen LogP contribution in [-0.2, 0) is 4.75 Å². The molecule has 0 amide bonds. The van der Waals surface area contributed by atoms with E-state index in [1.165, 1.54) is 0 Å². The average molecular weight is 194 g/mol. The second kappa shape index (κ2) is 3.88. The molecular formula is C11H14OS. The van der Waals surface area contributed by atoms with E-state index in [9.17, 15) is 0 Å². The van der Waals surface area contributed by atoms with Gasteiger partial charge in [0.05, 0.1) is 11.9 Å². The van der Waals surface area contributed by atoms with Gasteiger partial charge in [0.2, 0.25) is 0 Å². The number of ether oxygens (including phenoxy) is 1. The molecule has 1 rings (SSSR count). The molecule has 1 aromatic rings. The van der Waals surface area contributed by atoms with Gasteiger partial charge in [-0.1, -0.05) is 18.2 Å². The Morgan fingerprint density at radius 2 is 2.23 bits per heavy atom. The van der Waals surface area contributed by atoms with Crippen LogP contribution in [0.3, 0.4) is 0 Å². The standard InChI is InChI=1S/C11H14OS/c1-4-11(2,13)9-6-5-7-10(8-9)12-3/h4-8,13H,1H2,2-3H3/t11-/m1/s1. The Morgan fingerprint density at radius 1 is 1.54 bits per heavy atom. The van der Waals surface area contributed by atoms with Crippen molar-refractivity contribution in [3.8, 4) is 5.75 Å². The van der Waals surface area contributed by atoms with Gasteiger partial charge in [0.25, 0.3) is 0 Å². The molecule has 13 heavy (non-hydrogen) atoms. The van der Waals surface area contributed by atoms with Crippen LogP contribution in [0.25, 0.3) is 0 Å². The normalized spacial score (nSPS) is 14.7. The first-order valence-corrected chi connectivity index (χ1v) is 4.55. The van der Waals surface area contributed by atoms with Crippen LogP contribution in [0.4, 0.5) is 0 Å². The minimum atomic E-state index is -0.297. The Hall–Kier alpha value is -0.890. The van der Waals surface area contributed by atoms with Crippen LogP contribution in [0.1, 0.15) is 12.5 Å². The van der Waals surface area contributed by atoms with Crippen molar-refractivity contribution in [2.45, 2.75) is 11.7 Å². The maximum Gasteiger partial charge on any atom is 0.119 e. The third-order valence-corrected chi connectivity index (χ3v) is 2.49. The number of methoxy groups -OCH3 is 1. The van der Waals surface area contributed by atoms with Gasteiger partial charge in [0.15, 0.2) is 0 Å². The molecule has 1 aromatic carbocycles. The van der Waals surface area contributed by atoms with Crippen molar-refractivity contribution < 1.29 is 4.74 Å². The van der Waals surface area contributed by atoms with Crippen molar-refractivity contribution >= 4 is 12.6 Å². The molecule has 0 bridgehead atoms. The van der Waals surface area contributed by atoms with Gasteiger partial charge in [-0.05, 0) is 24.6 Å². The summed E-state index contributed by atoms with van der Waals surface area (Å²) >= 11 is 4.49. The SMILES string of the molecule is C=C[C@@](C)(S)c1cccc(OC)c1. The van der Waals surface area contributed by atoms with Crippen molar-refractivity contribution in [3.05, 3.63) is 42.5 Å². The molecule has 0 heterocycles. The molecule has 0 fully saturated rings. The van der Waals surface area contributed by atoms with Crippen LogP contribution < -0.4 is 4.74 Å². The molecule has 0 radical (unpaired) electrons. The maximum atomic E-state index is 5.13. The molecule has 0 aliphatic rings. The Morgan fingerprint density at radius 3 is 2.77 bits per heavy atom. The summed E-state index contributed by atoms with van der Waals surface area (Å²) in [6.45, 7) is 5.74. The zero-order valence-corrected chi connectivity index (χ0v) is 8.84. The van der Waals surface area contributed by atoms with Gasteiger partial charge in [-0.2, -0.15) is 12.6 Å². The summed E-state index contributed by atoms with van der Waals surface area (Å²) < 4.78 is 4.83. The first-order valence-electron chi connectivity index (χ1n) is 4.10. The predicted octanol–water partition coefficient (Wildman–Crippen LogP) is 3.03. The zero-order chi connectivity index (χ0) is 9.90. The van der Waals surface area contributed by atoms with Crippen molar-refractivity contribution in [3.63, 3.8) is 0 Å². The third-order valence-electron chi connectivity index (χ3n) is 2.05. The van der Waals surface area contributed by atoms with Crippen molar-refractivity contribution in [2.24, 2.45) is 0 Å². The van der Waals surface area contributed by atoms with Gasteiger partial charge >= 0.3 is 0 Å². The smallest absolute Gasteiger partial charge is 0.119 e. The lowest BCUT2D eigenvalue weighted by Gasteiger charge is -2.19. The van der Waals surface area contributed by atoms with Crippen molar-refractivity contribution in [1.82, 2.24) is 0 Å². The molecule has 1 nitrogen and oxygen atoms in total. The monoisotopic (exact) mass is 194 g/mol. The van der Waals surface area contributed by atoms with E-state index in [1.54, 1.807) is 7.11 Å². The number of hydrogen-bond acceptors (Lipinski definition) is 2. The summed E-state index contributed by atoms with van der Waals surface area (Å²) in [5, 5.41) is 0. The number of benzene rings is 1. The minimum absolute atomic E-state index is 0.297. The van der Waals surface area contributed by atoms with Crippen LogP contribution in [0, 0.1) is 0 Å². The fraction of sp³-hybridized carbons (Fsp3) is 0.273. The van der Waals surface area contributed by atoms with E-state index >= 15 is 0 Å². The van der Waals surface area contributed by atoms with Crippen molar-refractivity contribution in [2.75, 3.05) is 7.11 Å². The molecule has 0 spiro atoms. The second-order valence-electron chi connectivity index (χ2n) is 3.08. The highest BCUT2D eigenvalue weighted by molar-refractivity contribution is 7.81. The molecule has 0 aliphatic heterocycles. The number of rotatable bonds is 3. The van der Waals surface area contributed by atoms with Gasteiger partial charge in [-0.25, -0.2) is 0 Å². The summed E-state index contributed by atoms with van der Waals surface area (Å²) in [6.07, 6.45) is 1.81. The Labute approximate surface area is 84.8 Å². The fourth-order valence-corrected chi connectivity index (χ4v) is 1.19. The van der Waals surface area contributed by atoms with E-state index in [2.05, 4.69) is 19.2 Å². The summed E-state index contributed by atoms with van der Waals surface area (Å²) in [6, 6.07) is 7.84. The molecule has 1 atom stereocenters. The summed E-state index contributed by atoms with van der Waals surface area (Å²) in [5.74, 6) is 0.847. The molecule has 0 N–H and O–H groups in total. The van der Waals surface area contributed by atoms with Crippen LogP contribution in [-0.4, -0.2) is 7.11 Å². The quantitative estimate of drug-likeness (QED) is 0.575. The van der Waals surface area contributed by atoms with Gasteiger partial charge < -0.3 is 4.74 Å². The molecule has 0 aliphatic carbocycles. The van der Waals surface area contributed by atoms with E-state index in [0.29, 0.717) is 0 Å². The Kier molecular flexibility index (Phi) is 3.04. The van der Waals surface area contributed by atoms with E-state index in [4.69, 9.17) is 4.74 Å². The van der Waals surface area contributed by atoms with E-state index in [1.807, 2.05) is 37.3 Å². The lowest BCUT2D eigenvalue weighted by atomic mass is 10.0. The number of thiol groups is 1. The summed E-state index contributed by atoms with van der Waals surface area (Å²) in [5.41, 5.74) is 1.09. The molecule has 70 valence electrons. The van der Waals surface area contributed by atoms with Crippen LogP contribution in [0.15, 0.2) is 36.9 Å². The van der Waals surface area contributed by atoms with E-state index in [-0.39, 0.29) is 4.75 Å². The van der Waals surface area contributed by atoms with Crippen LogP contribution in [0.5, 0.6) is 5.75 Å². The first-order chi connectivity index (χ1) is 6.10. The average Bonchev–Trinajstić information content (AvgIpc) is 2.18. The molecule has 0 saturated heterocycles. The summed E-state index contributed by atoms with van der Waals surface area (Å²) in [4.78, 5) is 0. The first kappa shape index (κ1) is 10.2. The van der Waals surface area contributed by atoms with Gasteiger partial charge in [0, 0.05) is 0 Å². The minimum Gasteiger partial charge on any atom is -0.497 e. The molecule has 2 heteroatoms. The number of hydrogen-bond donors (Lipinski definition) is 1. The maximum absolute atomic E-state index is 5.13. The van der Waals surface area contributed by atoms with Gasteiger partial charge in [-0.15, -0.1) is 6.58 Å². The van der Waals surface area contributed by atoms with Gasteiger partial charge in [-0.3, -0.25) is 0 Å². The highest BCUT2D eigenvalue weighted by Gasteiger charge is 2.17. The van der Waals surface area contributed by atoms with Gasteiger partial charge in [0.1, 0.15) is 5.75 Å². The van der Waals surface area contributed by atoms with E-state index < -0.39 is 0 Å². The lowest BCUT2D eigenvalue weighted by Crippen LogP contribution is -2.09. The van der Waals surface area contributed by atoms with Crippen LogP contribution >= 0.6 is 12.6 Å². The predicted molar refractivity (Wildman–Crippen MR) is 59.5 cm³/mol. The highest BCUT2D eigenvalue weighted by Crippen LogP contribution is 2.30. The molecule has 0 unspecified atom stereocenters.